The van der Waals surface area contributed by atoms with Gasteiger partial charge in [0, 0.05) is 24.6 Å². The second kappa shape index (κ2) is 6.47. The lowest BCUT2D eigenvalue weighted by Gasteiger charge is -2.38. The van der Waals surface area contributed by atoms with Crippen LogP contribution in [0.5, 0.6) is 11.6 Å². The Balaban J connectivity index is 1.53. The topological polar surface area (TPSA) is 104 Å². The van der Waals surface area contributed by atoms with Gasteiger partial charge in [-0.1, -0.05) is 6.58 Å². The number of fused-ring (bicyclic) bond motifs is 1. The van der Waals surface area contributed by atoms with E-state index in [9.17, 15) is 9.90 Å². The number of aromatic hydroxyl groups is 1. The van der Waals surface area contributed by atoms with Crippen molar-refractivity contribution in [3.05, 3.63) is 43.1 Å². The number of hydrogen-bond donors (Lipinski definition) is 2. The summed E-state index contributed by atoms with van der Waals surface area (Å²) < 4.78 is 5.90. The molecule has 4 rings (SSSR count). The number of carbonyl (C=O) groups excluding carboxylic acids is 1. The zero-order valence-corrected chi connectivity index (χ0v) is 13.9. The van der Waals surface area contributed by atoms with Gasteiger partial charge in [-0.05, 0) is 30.3 Å². The second-order valence-electron chi connectivity index (χ2n) is 6.16. The summed E-state index contributed by atoms with van der Waals surface area (Å²) in [6.45, 7) is 5.24. The number of likely N-dealkylation sites (tertiary alicyclic amines) is 1. The molecule has 8 nitrogen and oxygen atoms in total. The smallest absolute Gasteiger partial charge is 0.245 e. The van der Waals surface area contributed by atoms with Gasteiger partial charge in [0.1, 0.15) is 11.1 Å². The summed E-state index contributed by atoms with van der Waals surface area (Å²) in [5.74, 6) is 1.30. The van der Waals surface area contributed by atoms with E-state index < -0.39 is 0 Å². The van der Waals surface area contributed by atoms with Crippen LogP contribution in [0.3, 0.4) is 0 Å². The monoisotopic (exact) mass is 351 g/mol. The van der Waals surface area contributed by atoms with Crippen molar-refractivity contribution in [2.24, 2.45) is 5.92 Å². The molecule has 0 spiro atoms. The van der Waals surface area contributed by atoms with Crippen molar-refractivity contribution < 1.29 is 14.6 Å². The molecule has 3 heterocycles. The van der Waals surface area contributed by atoms with Crippen LogP contribution >= 0.6 is 0 Å². The summed E-state index contributed by atoms with van der Waals surface area (Å²) in [5.41, 5.74) is 1.34. The molecule has 1 aliphatic rings. The lowest BCUT2D eigenvalue weighted by atomic mass is 10.0. The second-order valence-corrected chi connectivity index (χ2v) is 6.16. The number of nitrogens with zero attached hydrogens (tertiary/aromatic N) is 4. The molecule has 2 aromatic heterocycles. The minimum atomic E-state index is -0.0601. The number of hydrogen-bond acceptors (Lipinski definition) is 6. The first kappa shape index (κ1) is 16.1. The first-order valence-corrected chi connectivity index (χ1v) is 8.18. The van der Waals surface area contributed by atoms with E-state index in [1.54, 1.807) is 35.4 Å². The van der Waals surface area contributed by atoms with Crippen molar-refractivity contribution in [1.82, 2.24) is 25.1 Å². The first-order valence-electron chi connectivity index (χ1n) is 8.18. The normalized spacial score (nSPS) is 14.2. The maximum atomic E-state index is 11.5. The molecule has 1 aromatic carbocycles. The van der Waals surface area contributed by atoms with Crippen LogP contribution in [0.4, 0.5) is 0 Å². The Morgan fingerprint density at radius 3 is 2.85 bits per heavy atom. The highest BCUT2D eigenvalue weighted by atomic mass is 16.5. The number of phenols is 1. The molecule has 0 saturated carbocycles. The molecular formula is C18H17N5O3. The molecule has 26 heavy (non-hydrogen) atoms. The van der Waals surface area contributed by atoms with Gasteiger partial charge in [-0.2, -0.15) is 10.1 Å². The van der Waals surface area contributed by atoms with Gasteiger partial charge in [-0.15, -0.1) is 0 Å². The summed E-state index contributed by atoms with van der Waals surface area (Å²) in [6.07, 6.45) is 2.94. The number of aromatic amines is 1. The molecule has 1 aliphatic heterocycles. The molecule has 0 unspecified atom stereocenters. The number of amides is 1. The summed E-state index contributed by atoms with van der Waals surface area (Å²) >= 11 is 0. The van der Waals surface area contributed by atoms with Crippen LogP contribution in [0.25, 0.3) is 22.4 Å². The Morgan fingerprint density at radius 1 is 1.35 bits per heavy atom. The van der Waals surface area contributed by atoms with Crippen LogP contribution in [-0.4, -0.2) is 55.8 Å². The van der Waals surface area contributed by atoms with Gasteiger partial charge in [-0.3, -0.25) is 9.89 Å². The highest BCUT2D eigenvalue weighted by Gasteiger charge is 2.30. The predicted molar refractivity (Wildman–Crippen MR) is 94.5 cm³/mol. The van der Waals surface area contributed by atoms with Crippen LogP contribution in [0.15, 0.2) is 43.1 Å². The van der Waals surface area contributed by atoms with Crippen molar-refractivity contribution in [3.8, 4) is 23.0 Å². The largest absolute Gasteiger partial charge is 0.508 e. The SMILES string of the molecule is C=CC(=O)N1CC(COc2nc(-c3ccc(O)cc3)nc3[nH]ncc23)C1. The van der Waals surface area contributed by atoms with Gasteiger partial charge in [0.2, 0.25) is 11.8 Å². The number of benzene rings is 1. The van der Waals surface area contributed by atoms with Crippen molar-refractivity contribution >= 4 is 16.9 Å². The van der Waals surface area contributed by atoms with E-state index in [4.69, 9.17) is 4.74 Å². The van der Waals surface area contributed by atoms with Crippen LogP contribution in [-0.2, 0) is 4.79 Å². The van der Waals surface area contributed by atoms with Crippen molar-refractivity contribution in [3.63, 3.8) is 0 Å². The van der Waals surface area contributed by atoms with E-state index in [0.29, 0.717) is 42.4 Å². The van der Waals surface area contributed by atoms with E-state index in [0.717, 1.165) is 5.56 Å². The summed E-state index contributed by atoms with van der Waals surface area (Å²) in [5, 5.41) is 17.0. The van der Waals surface area contributed by atoms with Crippen LogP contribution in [0, 0.1) is 5.92 Å². The predicted octanol–water partition coefficient (Wildman–Crippen LogP) is 1.75. The summed E-state index contributed by atoms with van der Waals surface area (Å²) in [4.78, 5) is 22.2. The molecule has 1 saturated heterocycles. The van der Waals surface area contributed by atoms with Gasteiger partial charge >= 0.3 is 0 Å². The van der Waals surface area contributed by atoms with Gasteiger partial charge in [-0.25, -0.2) is 4.98 Å². The van der Waals surface area contributed by atoms with Gasteiger partial charge in [0.05, 0.1) is 12.8 Å². The lowest BCUT2D eigenvalue weighted by Crippen LogP contribution is -2.51. The molecule has 132 valence electrons. The van der Waals surface area contributed by atoms with E-state index in [-0.39, 0.29) is 17.6 Å². The minimum Gasteiger partial charge on any atom is -0.508 e. The average Bonchev–Trinajstić information content (AvgIpc) is 3.09. The third-order valence-electron chi connectivity index (χ3n) is 4.30. The number of ether oxygens (including phenoxy) is 1. The number of aromatic nitrogens is 4. The first-order chi connectivity index (χ1) is 12.6. The average molecular weight is 351 g/mol. The zero-order valence-electron chi connectivity index (χ0n) is 13.9. The van der Waals surface area contributed by atoms with Crippen LogP contribution in [0.2, 0.25) is 0 Å². The molecule has 2 N–H and O–H groups in total. The molecule has 1 fully saturated rings. The fraction of sp³-hybridized carbons (Fsp3) is 0.222. The fourth-order valence-electron chi connectivity index (χ4n) is 2.84. The molecule has 0 aliphatic carbocycles. The van der Waals surface area contributed by atoms with Crippen molar-refractivity contribution in [1.29, 1.82) is 0 Å². The number of H-pyrrole nitrogens is 1. The third kappa shape index (κ3) is 2.97. The van der Waals surface area contributed by atoms with Crippen molar-refractivity contribution in [2.45, 2.75) is 0 Å². The number of carbonyl (C=O) groups is 1. The molecule has 0 radical (unpaired) electrons. The van der Waals surface area contributed by atoms with Crippen LogP contribution < -0.4 is 4.74 Å². The van der Waals surface area contributed by atoms with Crippen molar-refractivity contribution in [2.75, 3.05) is 19.7 Å². The summed E-state index contributed by atoms with van der Waals surface area (Å²) in [6, 6.07) is 6.63. The Hall–Kier alpha value is -3.42. The molecule has 0 bridgehead atoms. The number of rotatable bonds is 5. The van der Waals surface area contributed by atoms with Gasteiger partial charge in [0.15, 0.2) is 11.5 Å². The maximum absolute atomic E-state index is 11.5. The van der Waals surface area contributed by atoms with E-state index in [2.05, 4.69) is 26.7 Å². The quantitative estimate of drug-likeness (QED) is 0.679. The number of nitrogens with one attached hydrogen (secondary N) is 1. The standard InChI is InChI=1S/C18H17N5O3/c1-2-15(25)23-8-11(9-23)10-26-18-14-7-19-22-17(14)20-16(21-18)12-3-5-13(24)6-4-12/h2-7,11,24H,1,8-10H2,(H,19,20,21,22). The van der Waals surface area contributed by atoms with Crippen LogP contribution in [0.1, 0.15) is 0 Å². The Kier molecular flexibility index (Phi) is 4.00. The van der Waals surface area contributed by atoms with E-state index in [1.165, 1.54) is 6.08 Å². The van der Waals surface area contributed by atoms with Gasteiger partial charge < -0.3 is 14.7 Å². The number of phenolic OH excluding ortho intramolecular Hbond substituents is 1. The Morgan fingerprint density at radius 2 is 2.12 bits per heavy atom. The third-order valence-corrected chi connectivity index (χ3v) is 4.30. The highest BCUT2D eigenvalue weighted by molar-refractivity contribution is 5.87. The molecular weight excluding hydrogens is 334 g/mol. The summed E-state index contributed by atoms with van der Waals surface area (Å²) in [7, 11) is 0. The highest BCUT2D eigenvalue weighted by Crippen LogP contribution is 2.27. The Labute approximate surface area is 149 Å². The van der Waals surface area contributed by atoms with Gasteiger partial charge in [0.25, 0.3) is 0 Å². The molecule has 3 aromatic rings. The minimum absolute atomic E-state index is 0.0601. The van der Waals surface area contributed by atoms with E-state index >= 15 is 0 Å². The molecule has 0 atom stereocenters. The Bertz CT molecular complexity index is 961. The fourth-order valence-corrected chi connectivity index (χ4v) is 2.84. The molecule has 1 amide bonds. The maximum Gasteiger partial charge on any atom is 0.245 e. The lowest BCUT2D eigenvalue weighted by molar-refractivity contribution is -0.132. The zero-order chi connectivity index (χ0) is 18.1. The van der Waals surface area contributed by atoms with E-state index in [1.807, 2.05) is 0 Å². The molecule has 8 heteroatoms.